The SMILES string of the molecule is Nc1ncnc2[nH]c(C#CCOc3ccccc3F)nc12. The van der Waals surface area contributed by atoms with Crippen molar-refractivity contribution in [2.75, 3.05) is 12.3 Å². The number of nitrogens with one attached hydrogen (secondary N) is 1. The molecule has 0 aliphatic rings. The molecule has 0 radical (unpaired) electrons. The standard InChI is InChI=1S/C14H10FN5O/c15-9-4-1-2-5-10(9)21-7-3-6-11-19-12-13(16)17-8-18-14(12)20-11/h1-2,4-5,8H,7H2,(H3,16,17,18,19,20). The predicted octanol–water partition coefficient (Wildman–Crippen LogP) is 1.50. The van der Waals surface area contributed by atoms with Crippen molar-refractivity contribution in [2.24, 2.45) is 0 Å². The summed E-state index contributed by atoms with van der Waals surface area (Å²) in [5.74, 6) is 5.92. The van der Waals surface area contributed by atoms with E-state index >= 15 is 0 Å². The minimum Gasteiger partial charge on any atom is -0.478 e. The lowest BCUT2D eigenvalue weighted by Crippen LogP contribution is -1.96. The van der Waals surface area contributed by atoms with Gasteiger partial charge < -0.3 is 15.5 Å². The average molecular weight is 283 g/mol. The summed E-state index contributed by atoms with van der Waals surface area (Å²) in [5, 5.41) is 0. The molecule has 0 amide bonds. The Bertz CT molecular complexity index is 849. The summed E-state index contributed by atoms with van der Waals surface area (Å²) in [6.07, 6.45) is 1.34. The molecule has 0 fully saturated rings. The number of hydrogen-bond acceptors (Lipinski definition) is 5. The Labute approximate surface area is 119 Å². The average Bonchev–Trinajstić information content (AvgIpc) is 2.90. The number of anilines is 1. The third kappa shape index (κ3) is 2.74. The molecule has 6 nitrogen and oxygen atoms in total. The zero-order valence-electron chi connectivity index (χ0n) is 10.8. The van der Waals surface area contributed by atoms with Gasteiger partial charge in [-0.2, -0.15) is 0 Å². The number of ether oxygens (including phenoxy) is 1. The van der Waals surface area contributed by atoms with Crippen LogP contribution in [0.1, 0.15) is 5.82 Å². The molecule has 3 N–H and O–H groups in total. The molecule has 2 heterocycles. The van der Waals surface area contributed by atoms with Gasteiger partial charge in [0.25, 0.3) is 0 Å². The first-order chi connectivity index (χ1) is 10.2. The van der Waals surface area contributed by atoms with Gasteiger partial charge in [-0.05, 0) is 18.1 Å². The lowest BCUT2D eigenvalue weighted by molar-refractivity contribution is 0.348. The second-order valence-corrected chi connectivity index (χ2v) is 4.06. The van der Waals surface area contributed by atoms with E-state index in [4.69, 9.17) is 10.5 Å². The third-order valence-electron chi connectivity index (χ3n) is 2.65. The van der Waals surface area contributed by atoms with Crippen LogP contribution in [-0.2, 0) is 0 Å². The Kier molecular flexibility index (Phi) is 3.35. The van der Waals surface area contributed by atoms with E-state index in [1.165, 1.54) is 18.5 Å². The number of H-pyrrole nitrogens is 1. The fourth-order valence-corrected chi connectivity index (χ4v) is 1.70. The highest BCUT2D eigenvalue weighted by Gasteiger charge is 2.05. The highest BCUT2D eigenvalue weighted by molar-refractivity contribution is 5.81. The summed E-state index contributed by atoms with van der Waals surface area (Å²) in [4.78, 5) is 14.9. The number of benzene rings is 1. The first-order valence-corrected chi connectivity index (χ1v) is 6.06. The summed E-state index contributed by atoms with van der Waals surface area (Å²) in [6, 6.07) is 6.14. The molecule has 3 aromatic rings. The number of aromatic nitrogens is 4. The summed E-state index contributed by atoms with van der Waals surface area (Å²) in [7, 11) is 0. The summed E-state index contributed by atoms with van der Waals surface area (Å²) in [5.41, 5.74) is 6.65. The van der Waals surface area contributed by atoms with Crippen LogP contribution in [0.2, 0.25) is 0 Å². The van der Waals surface area contributed by atoms with Crippen molar-refractivity contribution in [2.45, 2.75) is 0 Å². The molecule has 0 saturated heterocycles. The number of hydrogen-bond donors (Lipinski definition) is 2. The van der Waals surface area contributed by atoms with Crippen molar-refractivity contribution in [1.82, 2.24) is 19.9 Å². The molecule has 7 heteroatoms. The molecule has 0 saturated carbocycles. The normalized spacial score (nSPS) is 10.1. The van der Waals surface area contributed by atoms with Crippen LogP contribution in [0.5, 0.6) is 5.75 Å². The molecule has 0 atom stereocenters. The van der Waals surface area contributed by atoms with Gasteiger partial charge in [-0.15, -0.1) is 0 Å². The molecule has 3 rings (SSSR count). The van der Waals surface area contributed by atoms with Crippen LogP contribution in [0.4, 0.5) is 10.2 Å². The molecule has 0 aliphatic carbocycles. The second-order valence-electron chi connectivity index (χ2n) is 4.06. The van der Waals surface area contributed by atoms with E-state index in [1.807, 2.05) is 0 Å². The monoisotopic (exact) mass is 283 g/mol. The van der Waals surface area contributed by atoms with Gasteiger partial charge in [0.15, 0.2) is 34.4 Å². The Morgan fingerprint density at radius 3 is 2.95 bits per heavy atom. The Morgan fingerprint density at radius 1 is 1.29 bits per heavy atom. The van der Waals surface area contributed by atoms with Crippen LogP contribution >= 0.6 is 0 Å². The number of nitrogen functional groups attached to an aromatic ring is 1. The summed E-state index contributed by atoms with van der Waals surface area (Å²) >= 11 is 0. The minimum absolute atomic E-state index is 0.0408. The Hall–Kier alpha value is -3.14. The minimum atomic E-state index is -0.425. The van der Waals surface area contributed by atoms with Gasteiger partial charge >= 0.3 is 0 Å². The maximum absolute atomic E-state index is 13.3. The van der Waals surface area contributed by atoms with Gasteiger partial charge in [-0.1, -0.05) is 18.1 Å². The second kappa shape index (κ2) is 5.46. The molecule has 21 heavy (non-hydrogen) atoms. The lowest BCUT2D eigenvalue weighted by atomic mass is 10.3. The molecule has 0 spiro atoms. The van der Waals surface area contributed by atoms with E-state index in [1.54, 1.807) is 12.1 Å². The molecule has 0 bridgehead atoms. The zero-order chi connectivity index (χ0) is 14.7. The number of rotatable bonds is 2. The molecular formula is C14H10FN5O. The molecule has 1 aromatic carbocycles. The number of nitrogens with two attached hydrogens (primary N) is 1. The number of aromatic amines is 1. The predicted molar refractivity (Wildman–Crippen MR) is 74.9 cm³/mol. The topological polar surface area (TPSA) is 89.7 Å². The molecule has 2 aromatic heterocycles. The van der Waals surface area contributed by atoms with Crippen LogP contribution < -0.4 is 10.5 Å². The Morgan fingerprint density at radius 2 is 2.14 bits per heavy atom. The van der Waals surface area contributed by atoms with E-state index in [9.17, 15) is 4.39 Å². The van der Waals surface area contributed by atoms with E-state index in [0.29, 0.717) is 17.0 Å². The molecule has 104 valence electrons. The number of imidazole rings is 1. The fraction of sp³-hybridized carbons (Fsp3) is 0.0714. The number of halogens is 1. The van der Waals surface area contributed by atoms with Crippen molar-refractivity contribution in [3.63, 3.8) is 0 Å². The third-order valence-corrected chi connectivity index (χ3v) is 2.65. The van der Waals surface area contributed by atoms with Crippen molar-refractivity contribution in [3.8, 4) is 17.6 Å². The number of para-hydroxylation sites is 1. The van der Waals surface area contributed by atoms with Crippen LogP contribution in [0, 0.1) is 17.7 Å². The Balaban J connectivity index is 1.72. The fourth-order valence-electron chi connectivity index (χ4n) is 1.70. The van der Waals surface area contributed by atoms with E-state index < -0.39 is 5.82 Å². The van der Waals surface area contributed by atoms with E-state index in [-0.39, 0.29) is 18.2 Å². The van der Waals surface area contributed by atoms with Crippen molar-refractivity contribution in [1.29, 1.82) is 0 Å². The number of fused-ring (bicyclic) bond motifs is 1. The van der Waals surface area contributed by atoms with Gasteiger partial charge in [0.2, 0.25) is 0 Å². The summed E-state index contributed by atoms with van der Waals surface area (Å²) in [6.45, 7) is 0.0408. The summed E-state index contributed by atoms with van der Waals surface area (Å²) < 4.78 is 18.5. The largest absolute Gasteiger partial charge is 0.478 e. The molecule has 0 aliphatic heterocycles. The van der Waals surface area contributed by atoms with Gasteiger partial charge in [-0.3, -0.25) is 0 Å². The maximum Gasteiger partial charge on any atom is 0.185 e. The van der Waals surface area contributed by atoms with Crippen molar-refractivity contribution in [3.05, 3.63) is 42.2 Å². The van der Waals surface area contributed by atoms with Crippen LogP contribution in [-0.4, -0.2) is 26.5 Å². The zero-order valence-corrected chi connectivity index (χ0v) is 10.8. The van der Waals surface area contributed by atoms with Crippen LogP contribution in [0.15, 0.2) is 30.6 Å². The van der Waals surface area contributed by atoms with Gasteiger partial charge in [0.1, 0.15) is 12.9 Å². The molecular weight excluding hydrogens is 273 g/mol. The van der Waals surface area contributed by atoms with Gasteiger partial charge in [-0.25, -0.2) is 19.3 Å². The quantitative estimate of drug-likeness (QED) is 0.696. The van der Waals surface area contributed by atoms with Gasteiger partial charge in [0, 0.05) is 0 Å². The van der Waals surface area contributed by atoms with Crippen LogP contribution in [0.25, 0.3) is 11.2 Å². The number of nitrogens with zero attached hydrogens (tertiary/aromatic N) is 3. The highest BCUT2D eigenvalue weighted by atomic mass is 19.1. The van der Waals surface area contributed by atoms with Crippen molar-refractivity contribution >= 4 is 17.0 Å². The lowest BCUT2D eigenvalue weighted by Gasteiger charge is -2.01. The van der Waals surface area contributed by atoms with Crippen molar-refractivity contribution < 1.29 is 9.13 Å². The van der Waals surface area contributed by atoms with Crippen LogP contribution in [0.3, 0.4) is 0 Å². The van der Waals surface area contributed by atoms with E-state index in [2.05, 4.69) is 31.8 Å². The molecule has 0 unspecified atom stereocenters. The smallest absolute Gasteiger partial charge is 0.185 e. The van der Waals surface area contributed by atoms with Gasteiger partial charge in [0.05, 0.1) is 0 Å². The maximum atomic E-state index is 13.3. The first-order valence-electron chi connectivity index (χ1n) is 6.06. The van der Waals surface area contributed by atoms with E-state index in [0.717, 1.165) is 0 Å². The first kappa shape index (κ1) is 12.9. The highest BCUT2D eigenvalue weighted by Crippen LogP contribution is 2.15.